The molecule has 0 bridgehead atoms. The summed E-state index contributed by atoms with van der Waals surface area (Å²) in [4.78, 5) is 15.2. The first kappa shape index (κ1) is 17.4. The van der Waals surface area contributed by atoms with Gasteiger partial charge in [0, 0.05) is 17.8 Å². The van der Waals surface area contributed by atoms with Crippen LogP contribution >= 0.6 is 0 Å². The van der Waals surface area contributed by atoms with Crippen LogP contribution in [-0.4, -0.2) is 47.6 Å². The summed E-state index contributed by atoms with van der Waals surface area (Å²) in [6.07, 6.45) is 3.52. The van der Waals surface area contributed by atoms with Gasteiger partial charge >= 0.3 is 0 Å². The van der Waals surface area contributed by atoms with Crippen molar-refractivity contribution in [1.29, 1.82) is 0 Å². The van der Waals surface area contributed by atoms with Gasteiger partial charge in [-0.25, -0.2) is 0 Å². The van der Waals surface area contributed by atoms with Gasteiger partial charge in [-0.1, -0.05) is 6.92 Å². The van der Waals surface area contributed by atoms with Crippen LogP contribution in [0.2, 0.25) is 0 Å². The number of rotatable bonds is 6. The number of likely N-dealkylation sites (N-methyl/N-ethyl adjacent to an activating group) is 1. The van der Waals surface area contributed by atoms with Crippen LogP contribution in [0.25, 0.3) is 0 Å². The van der Waals surface area contributed by atoms with Crippen molar-refractivity contribution in [3.63, 3.8) is 0 Å². The number of aliphatic hydroxyl groups is 1. The van der Waals surface area contributed by atoms with Gasteiger partial charge in [0.05, 0.1) is 18.2 Å². The quantitative estimate of drug-likeness (QED) is 0.840. The van der Waals surface area contributed by atoms with Gasteiger partial charge in [0.1, 0.15) is 0 Å². The summed E-state index contributed by atoms with van der Waals surface area (Å²) in [5.74, 6) is 1.43. The number of ketones is 1. The molecule has 1 aromatic rings. The van der Waals surface area contributed by atoms with Gasteiger partial charge in [0.2, 0.25) is 0 Å². The van der Waals surface area contributed by atoms with Gasteiger partial charge in [-0.05, 0) is 75.8 Å². The number of anilines is 1. The number of carbonyl (C=O) groups excluding carboxylic acids is 1. The molecule has 4 heteroatoms. The molecule has 24 heavy (non-hydrogen) atoms. The Hall–Kier alpha value is -1.39. The Morgan fingerprint density at radius 2 is 2.04 bits per heavy atom. The number of benzene rings is 1. The molecule has 2 N–H and O–H groups in total. The third-order valence-electron chi connectivity index (χ3n) is 5.38. The van der Waals surface area contributed by atoms with Gasteiger partial charge in [-0.2, -0.15) is 0 Å². The number of aliphatic hydroxyl groups excluding tert-OH is 1. The Morgan fingerprint density at radius 1 is 1.33 bits per heavy atom. The van der Waals surface area contributed by atoms with E-state index in [0.717, 1.165) is 35.7 Å². The fraction of sp³-hybridized carbons (Fsp3) is 0.650. The lowest BCUT2D eigenvalue weighted by Gasteiger charge is -2.35. The van der Waals surface area contributed by atoms with Crippen molar-refractivity contribution in [2.45, 2.75) is 57.5 Å². The predicted octanol–water partition coefficient (Wildman–Crippen LogP) is 3.27. The van der Waals surface area contributed by atoms with Crippen LogP contribution in [0.15, 0.2) is 18.2 Å². The van der Waals surface area contributed by atoms with Crippen LogP contribution in [0.3, 0.4) is 0 Å². The lowest BCUT2D eigenvalue weighted by Crippen LogP contribution is -2.43. The van der Waals surface area contributed by atoms with E-state index in [1.807, 2.05) is 26.0 Å². The van der Waals surface area contributed by atoms with Crippen molar-refractivity contribution in [3.8, 4) is 0 Å². The first-order valence-corrected chi connectivity index (χ1v) is 9.08. The zero-order valence-electron chi connectivity index (χ0n) is 15.3. The van der Waals surface area contributed by atoms with Crippen LogP contribution in [0.1, 0.15) is 61.9 Å². The Morgan fingerprint density at radius 3 is 2.67 bits per heavy atom. The maximum Gasteiger partial charge on any atom is 0.180 e. The van der Waals surface area contributed by atoms with Crippen molar-refractivity contribution in [2.75, 3.05) is 25.5 Å². The maximum absolute atomic E-state index is 13.0. The Balaban J connectivity index is 1.81. The molecule has 2 atom stereocenters. The summed E-state index contributed by atoms with van der Waals surface area (Å²) in [5.41, 5.74) is 2.60. The van der Waals surface area contributed by atoms with E-state index in [0.29, 0.717) is 5.92 Å². The first-order chi connectivity index (χ1) is 11.3. The highest BCUT2D eigenvalue weighted by Crippen LogP contribution is 2.37. The maximum atomic E-state index is 13.0. The molecular formula is C20H30N2O2. The van der Waals surface area contributed by atoms with E-state index in [2.05, 4.69) is 30.3 Å². The molecule has 0 spiro atoms. The van der Waals surface area contributed by atoms with Crippen molar-refractivity contribution in [1.82, 2.24) is 4.90 Å². The highest BCUT2D eigenvalue weighted by molar-refractivity contribution is 6.03. The predicted molar refractivity (Wildman–Crippen MR) is 97.7 cm³/mol. The fourth-order valence-corrected chi connectivity index (χ4v) is 3.67. The molecule has 1 saturated carbocycles. The summed E-state index contributed by atoms with van der Waals surface area (Å²) in [5, 5.41) is 12.8. The molecule has 3 rings (SSSR count). The smallest absolute Gasteiger partial charge is 0.180 e. The van der Waals surface area contributed by atoms with Crippen LogP contribution < -0.4 is 5.32 Å². The minimum atomic E-state index is -0.372. The summed E-state index contributed by atoms with van der Waals surface area (Å²) >= 11 is 0. The Kier molecular flexibility index (Phi) is 4.71. The summed E-state index contributed by atoms with van der Waals surface area (Å²) in [6.45, 7) is 7.24. The average molecular weight is 330 g/mol. The summed E-state index contributed by atoms with van der Waals surface area (Å²) < 4.78 is 0. The molecule has 0 radical (unpaired) electrons. The molecule has 1 unspecified atom stereocenters. The van der Waals surface area contributed by atoms with E-state index < -0.39 is 0 Å². The zero-order chi connectivity index (χ0) is 17.5. The van der Waals surface area contributed by atoms with Gasteiger partial charge in [-0.15, -0.1) is 0 Å². The number of hydrogen-bond donors (Lipinski definition) is 2. The third-order valence-corrected chi connectivity index (χ3v) is 5.38. The minimum absolute atomic E-state index is 0.0146. The molecule has 4 nitrogen and oxygen atoms in total. The molecule has 1 fully saturated rings. The normalized spacial score (nSPS) is 24.2. The standard InChI is InChI=1S/C20H30N2O2/c1-13-9-18(22(4)11-14-5-6-14)19(24)16-8-7-15(10-17(13)16)21-20(2,3)12-23/h7-8,10,13-14,18,21,23H,5-6,9,11-12H2,1-4H3/t13?,18-/m0/s1. The van der Waals surface area contributed by atoms with E-state index in [1.54, 1.807) is 0 Å². The fourth-order valence-electron chi connectivity index (χ4n) is 3.67. The second-order valence-electron chi connectivity index (χ2n) is 8.37. The van der Waals surface area contributed by atoms with Crippen molar-refractivity contribution >= 4 is 11.5 Å². The van der Waals surface area contributed by atoms with Crippen LogP contribution in [0.5, 0.6) is 0 Å². The average Bonchev–Trinajstić information content (AvgIpc) is 3.34. The molecule has 2 aliphatic rings. The summed E-state index contributed by atoms with van der Waals surface area (Å²) in [6, 6.07) is 6.03. The highest BCUT2D eigenvalue weighted by Gasteiger charge is 2.36. The number of hydrogen-bond acceptors (Lipinski definition) is 4. The zero-order valence-corrected chi connectivity index (χ0v) is 15.3. The monoisotopic (exact) mass is 330 g/mol. The molecule has 0 aromatic heterocycles. The minimum Gasteiger partial charge on any atom is -0.394 e. The van der Waals surface area contributed by atoms with E-state index in [1.165, 1.54) is 12.8 Å². The van der Waals surface area contributed by atoms with E-state index in [-0.39, 0.29) is 24.0 Å². The topological polar surface area (TPSA) is 52.6 Å². The summed E-state index contributed by atoms with van der Waals surface area (Å²) in [7, 11) is 2.10. The van der Waals surface area contributed by atoms with Gasteiger partial charge in [-0.3, -0.25) is 9.69 Å². The molecule has 1 aromatic carbocycles. The molecular weight excluding hydrogens is 300 g/mol. The van der Waals surface area contributed by atoms with Crippen molar-refractivity contribution < 1.29 is 9.90 Å². The first-order valence-electron chi connectivity index (χ1n) is 9.08. The Bertz CT molecular complexity index is 622. The van der Waals surface area contributed by atoms with Gasteiger partial charge in [0.25, 0.3) is 0 Å². The lowest BCUT2D eigenvalue weighted by molar-refractivity contribution is 0.0809. The van der Waals surface area contributed by atoms with Gasteiger partial charge in [0.15, 0.2) is 5.78 Å². The van der Waals surface area contributed by atoms with Crippen LogP contribution in [0, 0.1) is 5.92 Å². The number of fused-ring (bicyclic) bond motifs is 1. The van der Waals surface area contributed by atoms with E-state index in [4.69, 9.17) is 0 Å². The van der Waals surface area contributed by atoms with E-state index in [9.17, 15) is 9.90 Å². The number of nitrogens with one attached hydrogen (secondary N) is 1. The third kappa shape index (κ3) is 3.65. The molecule has 0 aliphatic heterocycles. The number of carbonyl (C=O) groups is 1. The van der Waals surface area contributed by atoms with E-state index >= 15 is 0 Å². The lowest BCUT2D eigenvalue weighted by atomic mass is 9.79. The highest BCUT2D eigenvalue weighted by atomic mass is 16.3. The molecule has 0 amide bonds. The van der Waals surface area contributed by atoms with Crippen LogP contribution in [0.4, 0.5) is 5.69 Å². The molecule has 0 heterocycles. The molecule has 132 valence electrons. The second kappa shape index (κ2) is 6.49. The number of nitrogens with zero attached hydrogens (tertiary/aromatic N) is 1. The van der Waals surface area contributed by atoms with Crippen LogP contribution in [-0.2, 0) is 0 Å². The molecule has 0 saturated heterocycles. The van der Waals surface area contributed by atoms with Crippen molar-refractivity contribution in [3.05, 3.63) is 29.3 Å². The number of Topliss-reactive ketones (excluding diaryl/α,β-unsaturated/α-hetero) is 1. The Labute approximate surface area is 145 Å². The molecule has 2 aliphatic carbocycles. The SMILES string of the molecule is CC1C[C@H](N(C)CC2CC2)C(=O)c2ccc(NC(C)(C)CO)cc21. The van der Waals surface area contributed by atoms with Gasteiger partial charge < -0.3 is 10.4 Å². The second-order valence-corrected chi connectivity index (χ2v) is 8.37. The largest absolute Gasteiger partial charge is 0.394 e. The van der Waals surface area contributed by atoms with Crippen molar-refractivity contribution in [2.24, 2.45) is 5.92 Å².